The summed E-state index contributed by atoms with van der Waals surface area (Å²) < 4.78 is 24.8. The average molecular weight is 302 g/mol. The number of nitrogens with zero attached hydrogens (tertiary/aromatic N) is 2. The number of imidazole rings is 1. The summed E-state index contributed by atoms with van der Waals surface area (Å²) >= 11 is 0. The van der Waals surface area contributed by atoms with Gasteiger partial charge in [0.25, 0.3) is 0 Å². The number of nitrogens with one attached hydrogen (secondary N) is 1. The number of aryl methyl sites for hydroxylation is 1. The molecule has 0 bridgehead atoms. The van der Waals surface area contributed by atoms with E-state index in [2.05, 4.69) is 15.0 Å². The van der Waals surface area contributed by atoms with E-state index in [1.54, 1.807) is 36.7 Å². The number of rotatable bonds is 3. The maximum Gasteiger partial charge on any atom is 0.226 e. The summed E-state index contributed by atoms with van der Waals surface area (Å²) in [5.41, 5.74) is 8.96. The van der Waals surface area contributed by atoms with Crippen molar-refractivity contribution in [1.29, 1.82) is 0 Å². The Kier molecular flexibility index (Phi) is 3.13. The first-order valence-corrected chi connectivity index (χ1v) is 7.98. The van der Waals surface area contributed by atoms with E-state index in [0.29, 0.717) is 22.3 Å². The Morgan fingerprint density at radius 3 is 2.81 bits per heavy atom. The van der Waals surface area contributed by atoms with Crippen molar-refractivity contribution in [2.75, 3.05) is 5.73 Å². The van der Waals surface area contributed by atoms with Gasteiger partial charge in [0.05, 0.1) is 16.8 Å². The van der Waals surface area contributed by atoms with Gasteiger partial charge in [0.1, 0.15) is 0 Å². The summed E-state index contributed by atoms with van der Waals surface area (Å²) in [6.45, 7) is 1.87. The minimum Gasteiger partial charge on any atom is -0.399 e. The molecule has 21 heavy (non-hydrogen) atoms. The SMILES string of the molecule is Cc1cncc(CS(=O)(=O)c2nc3ccc(N)cc3[nH]2)c1. The van der Waals surface area contributed by atoms with E-state index in [4.69, 9.17) is 5.73 Å². The molecule has 6 nitrogen and oxygen atoms in total. The monoisotopic (exact) mass is 302 g/mol. The highest BCUT2D eigenvalue weighted by molar-refractivity contribution is 7.90. The number of fused-ring (bicyclic) bond motifs is 1. The van der Waals surface area contributed by atoms with E-state index >= 15 is 0 Å². The van der Waals surface area contributed by atoms with Crippen LogP contribution >= 0.6 is 0 Å². The van der Waals surface area contributed by atoms with Crippen molar-refractivity contribution in [3.63, 3.8) is 0 Å². The summed E-state index contributed by atoms with van der Waals surface area (Å²) in [6.07, 6.45) is 3.23. The summed E-state index contributed by atoms with van der Waals surface area (Å²) in [5.74, 6) is -0.142. The Morgan fingerprint density at radius 1 is 1.24 bits per heavy atom. The number of hydrogen-bond donors (Lipinski definition) is 2. The predicted molar refractivity (Wildman–Crippen MR) is 80.4 cm³/mol. The van der Waals surface area contributed by atoms with Gasteiger partial charge < -0.3 is 10.7 Å². The van der Waals surface area contributed by atoms with Gasteiger partial charge in [-0.15, -0.1) is 0 Å². The second-order valence-electron chi connectivity index (χ2n) is 4.95. The van der Waals surface area contributed by atoms with E-state index in [9.17, 15) is 8.42 Å². The second-order valence-corrected chi connectivity index (χ2v) is 6.85. The summed E-state index contributed by atoms with van der Waals surface area (Å²) in [6, 6.07) is 6.83. The number of nitrogens with two attached hydrogens (primary N) is 1. The molecule has 0 aliphatic carbocycles. The fourth-order valence-corrected chi connectivity index (χ4v) is 3.37. The van der Waals surface area contributed by atoms with Crippen molar-refractivity contribution in [2.24, 2.45) is 0 Å². The maximum absolute atomic E-state index is 12.4. The van der Waals surface area contributed by atoms with E-state index in [0.717, 1.165) is 5.56 Å². The number of pyridine rings is 1. The molecule has 1 aromatic carbocycles. The van der Waals surface area contributed by atoms with E-state index in [1.165, 1.54) is 0 Å². The van der Waals surface area contributed by atoms with Crippen LogP contribution in [0.3, 0.4) is 0 Å². The molecule has 0 atom stereocenters. The molecule has 3 rings (SSSR count). The summed E-state index contributed by atoms with van der Waals surface area (Å²) in [4.78, 5) is 10.9. The first-order valence-electron chi connectivity index (χ1n) is 6.32. The number of sulfone groups is 1. The van der Waals surface area contributed by atoms with Gasteiger partial charge in [0.2, 0.25) is 15.0 Å². The van der Waals surface area contributed by atoms with Crippen molar-refractivity contribution in [3.05, 3.63) is 47.8 Å². The lowest BCUT2D eigenvalue weighted by atomic mass is 10.2. The van der Waals surface area contributed by atoms with Crippen LogP contribution in [0.15, 0.2) is 41.8 Å². The number of hydrogen-bond acceptors (Lipinski definition) is 5. The topological polar surface area (TPSA) is 102 Å². The number of aromatic nitrogens is 3. The third-order valence-electron chi connectivity index (χ3n) is 3.07. The van der Waals surface area contributed by atoms with Crippen LogP contribution in [0.5, 0.6) is 0 Å². The van der Waals surface area contributed by atoms with Crippen molar-refractivity contribution in [3.8, 4) is 0 Å². The van der Waals surface area contributed by atoms with Gasteiger partial charge in [-0.3, -0.25) is 4.98 Å². The molecule has 3 aromatic rings. The van der Waals surface area contributed by atoms with Gasteiger partial charge >= 0.3 is 0 Å². The van der Waals surface area contributed by atoms with Gasteiger partial charge in [0, 0.05) is 18.1 Å². The van der Waals surface area contributed by atoms with E-state index in [1.807, 2.05) is 6.92 Å². The molecule has 3 N–H and O–H groups in total. The number of anilines is 1. The van der Waals surface area contributed by atoms with Crippen LogP contribution in [-0.2, 0) is 15.6 Å². The lowest BCUT2D eigenvalue weighted by Crippen LogP contribution is -2.07. The van der Waals surface area contributed by atoms with Crippen LogP contribution in [-0.4, -0.2) is 23.4 Å². The third-order valence-corrected chi connectivity index (χ3v) is 4.56. The Hall–Kier alpha value is -2.41. The van der Waals surface area contributed by atoms with Crippen LogP contribution in [0.2, 0.25) is 0 Å². The van der Waals surface area contributed by atoms with Crippen LogP contribution < -0.4 is 5.73 Å². The molecule has 0 radical (unpaired) electrons. The van der Waals surface area contributed by atoms with Crippen molar-refractivity contribution in [2.45, 2.75) is 17.8 Å². The van der Waals surface area contributed by atoms with Gasteiger partial charge in [-0.05, 0) is 36.2 Å². The normalized spacial score (nSPS) is 11.9. The third kappa shape index (κ3) is 2.73. The molecular formula is C14H14N4O2S. The van der Waals surface area contributed by atoms with Crippen LogP contribution in [0.1, 0.15) is 11.1 Å². The maximum atomic E-state index is 12.4. The molecule has 108 valence electrons. The largest absolute Gasteiger partial charge is 0.399 e. The fraction of sp³-hybridized carbons (Fsp3) is 0.143. The lowest BCUT2D eigenvalue weighted by molar-refractivity contribution is 0.588. The molecule has 7 heteroatoms. The summed E-state index contributed by atoms with van der Waals surface area (Å²) in [5, 5.41) is -0.0513. The standard InChI is InChI=1S/C14H14N4O2S/c1-9-4-10(7-16-6-9)8-21(19,20)14-17-12-3-2-11(15)5-13(12)18-14/h2-7H,8,15H2,1H3,(H,17,18). The zero-order valence-corrected chi connectivity index (χ0v) is 12.2. The van der Waals surface area contributed by atoms with Crippen molar-refractivity contribution < 1.29 is 8.42 Å². The molecule has 0 saturated heterocycles. The zero-order valence-electron chi connectivity index (χ0n) is 11.4. The number of H-pyrrole nitrogens is 1. The highest BCUT2D eigenvalue weighted by Crippen LogP contribution is 2.20. The van der Waals surface area contributed by atoms with Gasteiger partial charge in [-0.1, -0.05) is 6.07 Å². The minimum absolute atomic E-state index is 0.0513. The lowest BCUT2D eigenvalue weighted by Gasteiger charge is -2.02. The Bertz CT molecular complexity index is 916. The zero-order chi connectivity index (χ0) is 15.0. The van der Waals surface area contributed by atoms with Crippen LogP contribution in [0.25, 0.3) is 11.0 Å². The Labute approximate surface area is 122 Å². The average Bonchev–Trinajstić information content (AvgIpc) is 2.82. The molecule has 2 aromatic heterocycles. The van der Waals surface area contributed by atoms with Gasteiger partial charge in [-0.2, -0.15) is 0 Å². The predicted octanol–water partition coefficient (Wildman–Crippen LogP) is 1.82. The molecular weight excluding hydrogens is 288 g/mol. The molecule has 0 saturated carbocycles. The Balaban J connectivity index is 2.00. The number of nitrogen functional groups attached to an aromatic ring is 1. The highest BCUT2D eigenvalue weighted by atomic mass is 32.2. The molecule has 0 fully saturated rings. The van der Waals surface area contributed by atoms with Crippen LogP contribution in [0, 0.1) is 6.92 Å². The molecule has 0 aliphatic rings. The van der Waals surface area contributed by atoms with E-state index < -0.39 is 9.84 Å². The van der Waals surface area contributed by atoms with Crippen molar-refractivity contribution >= 4 is 26.6 Å². The molecule has 0 spiro atoms. The second kappa shape index (κ2) is 4.85. The fourth-order valence-electron chi connectivity index (χ4n) is 2.14. The minimum atomic E-state index is -3.55. The quantitative estimate of drug-likeness (QED) is 0.719. The molecule has 0 unspecified atom stereocenters. The first kappa shape index (κ1) is 13.6. The smallest absolute Gasteiger partial charge is 0.226 e. The van der Waals surface area contributed by atoms with Gasteiger partial charge in [0.15, 0.2) is 0 Å². The van der Waals surface area contributed by atoms with E-state index in [-0.39, 0.29) is 10.9 Å². The summed E-state index contributed by atoms with van der Waals surface area (Å²) in [7, 11) is -3.55. The van der Waals surface area contributed by atoms with Crippen LogP contribution in [0.4, 0.5) is 5.69 Å². The number of aromatic amines is 1. The first-order chi connectivity index (χ1) is 9.94. The number of benzene rings is 1. The van der Waals surface area contributed by atoms with Crippen molar-refractivity contribution in [1.82, 2.24) is 15.0 Å². The molecule has 0 aliphatic heterocycles. The van der Waals surface area contributed by atoms with Gasteiger partial charge in [-0.25, -0.2) is 13.4 Å². The molecule has 0 amide bonds. The highest BCUT2D eigenvalue weighted by Gasteiger charge is 2.20. The Morgan fingerprint density at radius 2 is 2.05 bits per heavy atom. The molecule has 2 heterocycles.